The first kappa shape index (κ1) is 13.6. The zero-order valence-corrected chi connectivity index (χ0v) is 10.2. The van der Waals surface area contributed by atoms with E-state index in [4.69, 9.17) is 4.74 Å². The standard InChI is InChI=1S/C8H13N3O5S/c1-3-15-8(12)6-5-9-10-7(6)17(13,14)11-16-4-2/h5,11H,3-4H2,1-2H3,(H,9,10). The van der Waals surface area contributed by atoms with Crippen molar-refractivity contribution in [3.05, 3.63) is 11.8 Å². The Morgan fingerprint density at radius 3 is 2.76 bits per heavy atom. The number of sulfonamides is 1. The van der Waals surface area contributed by atoms with E-state index in [1.807, 2.05) is 4.89 Å². The number of carbonyl (C=O) groups is 1. The number of carbonyl (C=O) groups excluding carboxylic acids is 1. The molecule has 0 aromatic carbocycles. The van der Waals surface area contributed by atoms with Crippen LogP contribution in [0.25, 0.3) is 0 Å². The van der Waals surface area contributed by atoms with Crippen molar-refractivity contribution in [2.24, 2.45) is 0 Å². The van der Waals surface area contributed by atoms with Crippen LogP contribution in [0.3, 0.4) is 0 Å². The van der Waals surface area contributed by atoms with E-state index in [1.165, 1.54) is 0 Å². The largest absolute Gasteiger partial charge is 0.462 e. The number of nitrogens with one attached hydrogen (secondary N) is 2. The lowest BCUT2D eigenvalue weighted by Crippen LogP contribution is -2.26. The highest BCUT2D eigenvalue weighted by Crippen LogP contribution is 2.12. The van der Waals surface area contributed by atoms with Gasteiger partial charge in [0.15, 0.2) is 5.03 Å². The summed E-state index contributed by atoms with van der Waals surface area (Å²) in [6, 6.07) is 0. The van der Waals surface area contributed by atoms with E-state index in [1.54, 1.807) is 13.8 Å². The Bertz CT molecular complexity index is 481. The summed E-state index contributed by atoms with van der Waals surface area (Å²) in [7, 11) is -3.96. The quantitative estimate of drug-likeness (QED) is 0.544. The number of hydrogen-bond donors (Lipinski definition) is 2. The number of H-pyrrole nitrogens is 1. The van der Waals surface area contributed by atoms with Crippen LogP contribution in [0.1, 0.15) is 24.2 Å². The van der Waals surface area contributed by atoms with Crippen LogP contribution in [0.2, 0.25) is 0 Å². The lowest BCUT2D eigenvalue weighted by atomic mass is 10.4. The molecule has 1 rings (SSSR count). The van der Waals surface area contributed by atoms with Crippen molar-refractivity contribution in [3.8, 4) is 0 Å². The second-order valence-electron chi connectivity index (χ2n) is 2.85. The number of ether oxygens (including phenoxy) is 1. The lowest BCUT2D eigenvalue weighted by Gasteiger charge is -2.05. The van der Waals surface area contributed by atoms with E-state index >= 15 is 0 Å². The molecule has 1 aromatic rings. The minimum Gasteiger partial charge on any atom is -0.462 e. The molecule has 0 fully saturated rings. The van der Waals surface area contributed by atoms with E-state index in [0.29, 0.717) is 0 Å². The highest BCUT2D eigenvalue weighted by atomic mass is 32.2. The first-order valence-electron chi connectivity index (χ1n) is 4.87. The van der Waals surface area contributed by atoms with Crippen LogP contribution in [0, 0.1) is 0 Å². The second kappa shape index (κ2) is 5.75. The van der Waals surface area contributed by atoms with Crippen molar-refractivity contribution in [2.75, 3.05) is 13.2 Å². The van der Waals surface area contributed by atoms with Gasteiger partial charge in [0.05, 0.1) is 19.4 Å². The number of esters is 1. The molecular formula is C8H13N3O5S. The van der Waals surface area contributed by atoms with Gasteiger partial charge in [-0.3, -0.25) is 9.94 Å². The molecule has 0 unspecified atom stereocenters. The Balaban J connectivity index is 2.99. The predicted octanol–water partition coefficient (Wildman–Crippen LogP) is -0.184. The Morgan fingerprint density at radius 2 is 2.18 bits per heavy atom. The third-order valence-corrected chi connectivity index (χ3v) is 2.87. The Labute approximate surface area is 98.3 Å². The van der Waals surface area contributed by atoms with Gasteiger partial charge in [0, 0.05) is 0 Å². The molecule has 2 N–H and O–H groups in total. The van der Waals surface area contributed by atoms with Crippen LogP contribution in [0.5, 0.6) is 0 Å². The van der Waals surface area contributed by atoms with Gasteiger partial charge in [0.1, 0.15) is 5.56 Å². The van der Waals surface area contributed by atoms with E-state index in [9.17, 15) is 13.2 Å². The Morgan fingerprint density at radius 1 is 1.47 bits per heavy atom. The molecular weight excluding hydrogens is 250 g/mol. The molecule has 1 aromatic heterocycles. The third-order valence-electron chi connectivity index (χ3n) is 1.68. The molecule has 0 aliphatic heterocycles. The first-order valence-corrected chi connectivity index (χ1v) is 6.35. The predicted molar refractivity (Wildman–Crippen MR) is 56.5 cm³/mol. The summed E-state index contributed by atoms with van der Waals surface area (Å²) in [4.78, 5) is 17.9. The molecule has 0 bridgehead atoms. The van der Waals surface area contributed by atoms with Crippen molar-refractivity contribution in [1.82, 2.24) is 15.1 Å². The van der Waals surface area contributed by atoms with Crippen LogP contribution >= 0.6 is 0 Å². The average Bonchev–Trinajstić information content (AvgIpc) is 2.76. The molecule has 0 aliphatic rings. The zero-order chi connectivity index (χ0) is 12.9. The van der Waals surface area contributed by atoms with E-state index in [0.717, 1.165) is 6.20 Å². The van der Waals surface area contributed by atoms with Crippen molar-refractivity contribution in [1.29, 1.82) is 0 Å². The molecule has 0 amide bonds. The summed E-state index contributed by atoms with van der Waals surface area (Å²) < 4.78 is 28.0. The van der Waals surface area contributed by atoms with Crippen LogP contribution < -0.4 is 4.89 Å². The molecule has 96 valence electrons. The van der Waals surface area contributed by atoms with Crippen LogP contribution in [-0.4, -0.2) is 37.8 Å². The maximum Gasteiger partial charge on any atom is 0.342 e. The molecule has 9 heteroatoms. The lowest BCUT2D eigenvalue weighted by molar-refractivity contribution is 0.0521. The number of aromatic amines is 1. The fourth-order valence-corrected chi connectivity index (χ4v) is 1.97. The number of rotatable bonds is 6. The highest BCUT2D eigenvalue weighted by Gasteiger charge is 2.25. The Hall–Kier alpha value is -1.45. The van der Waals surface area contributed by atoms with Crippen LogP contribution in [0.15, 0.2) is 11.2 Å². The molecule has 0 spiro atoms. The van der Waals surface area contributed by atoms with Gasteiger partial charge in [-0.25, -0.2) is 13.2 Å². The van der Waals surface area contributed by atoms with Crippen LogP contribution in [-0.2, 0) is 19.6 Å². The van der Waals surface area contributed by atoms with Crippen molar-refractivity contribution < 1.29 is 22.8 Å². The molecule has 0 aliphatic carbocycles. The number of aromatic nitrogens is 2. The number of hydrogen-bond acceptors (Lipinski definition) is 6. The molecule has 1 heterocycles. The number of nitrogens with zero attached hydrogens (tertiary/aromatic N) is 1. The second-order valence-corrected chi connectivity index (χ2v) is 4.43. The van der Waals surface area contributed by atoms with Crippen molar-refractivity contribution >= 4 is 16.0 Å². The maximum atomic E-state index is 11.7. The fraction of sp³-hybridized carbons (Fsp3) is 0.500. The van der Waals surface area contributed by atoms with Gasteiger partial charge in [0.2, 0.25) is 0 Å². The van der Waals surface area contributed by atoms with Gasteiger partial charge in [-0.05, 0) is 13.8 Å². The van der Waals surface area contributed by atoms with Crippen LogP contribution in [0.4, 0.5) is 0 Å². The van der Waals surface area contributed by atoms with Gasteiger partial charge in [-0.15, -0.1) is 0 Å². The van der Waals surface area contributed by atoms with E-state index < -0.39 is 16.0 Å². The van der Waals surface area contributed by atoms with E-state index in [-0.39, 0.29) is 23.8 Å². The summed E-state index contributed by atoms with van der Waals surface area (Å²) >= 11 is 0. The molecule has 0 atom stereocenters. The summed E-state index contributed by atoms with van der Waals surface area (Å²) in [6.07, 6.45) is 1.08. The van der Waals surface area contributed by atoms with Gasteiger partial charge in [-0.2, -0.15) is 5.10 Å². The minimum absolute atomic E-state index is 0.141. The normalized spacial score (nSPS) is 11.4. The average molecular weight is 263 g/mol. The molecule has 0 saturated heterocycles. The summed E-state index contributed by atoms with van der Waals surface area (Å²) in [5.74, 6) is -0.766. The Kier molecular flexibility index (Phi) is 4.61. The highest BCUT2D eigenvalue weighted by molar-refractivity contribution is 7.89. The van der Waals surface area contributed by atoms with Gasteiger partial charge in [0.25, 0.3) is 10.0 Å². The molecule has 0 radical (unpaired) electrons. The summed E-state index contributed by atoms with van der Waals surface area (Å²) in [5.41, 5.74) is -0.168. The first-order chi connectivity index (χ1) is 8.03. The fourth-order valence-electron chi connectivity index (χ4n) is 1.01. The van der Waals surface area contributed by atoms with Gasteiger partial charge in [-0.1, -0.05) is 4.89 Å². The monoisotopic (exact) mass is 263 g/mol. The summed E-state index contributed by atoms with van der Waals surface area (Å²) in [5, 5.41) is 5.33. The maximum absolute atomic E-state index is 11.7. The summed E-state index contributed by atoms with van der Waals surface area (Å²) in [6.45, 7) is 3.52. The molecule has 8 nitrogen and oxygen atoms in total. The van der Waals surface area contributed by atoms with Crippen molar-refractivity contribution in [3.63, 3.8) is 0 Å². The topological polar surface area (TPSA) is 110 Å². The van der Waals surface area contributed by atoms with E-state index in [2.05, 4.69) is 15.0 Å². The molecule has 17 heavy (non-hydrogen) atoms. The van der Waals surface area contributed by atoms with Gasteiger partial charge < -0.3 is 4.74 Å². The third kappa shape index (κ3) is 3.25. The molecule has 0 saturated carbocycles. The van der Waals surface area contributed by atoms with Gasteiger partial charge >= 0.3 is 5.97 Å². The SMILES string of the molecule is CCONS(=O)(=O)c1[nH]ncc1C(=O)OCC. The zero-order valence-electron chi connectivity index (χ0n) is 9.39. The minimum atomic E-state index is -3.96. The smallest absolute Gasteiger partial charge is 0.342 e. The van der Waals surface area contributed by atoms with Crippen molar-refractivity contribution in [2.45, 2.75) is 18.9 Å².